The highest BCUT2D eigenvalue weighted by Crippen LogP contribution is 2.44. The van der Waals surface area contributed by atoms with Crippen molar-refractivity contribution in [2.24, 2.45) is 0 Å². The summed E-state index contributed by atoms with van der Waals surface area (Å²) in [6.07, 6.45) is 1.74. The van der Waals surface area contributed by atoms with Crippen LogP contribution in [-0.2, 0) is 0 Å². The molecule has 1 aromatic rings. The number of ether oxygens (including phenoxy) is 2. The lowest BCUT2D eigenvalue weighted by molar-refractivity contribution is 0.168. The Morgan fingerprint density at radius 2 is 2.17 bits per heavy atom. The van der Waals surface area contributed by atoms with Crippen molar-refractivity contribution in [2.75, 3.05) is 20.0 Å². The van der Waals surface area contributed by atoms with Gasteiger partial charge in [0.1, 0.15) is 16.0 Å². The van der Waals surface area contributed by atoms with Crippen LogP contribution in [-0.4, -0.2) is 30.3 Å². The monoisotopic (exact) mass is 332 g/mol. The molecule has 2 rings (SSSR count). The summed E-state index contributed by atoms with van der Waals surface area (Å²) >= 11 is 5.29. The number of rotatable bonds is 4. The molecule has 0 radical (unpaired) electrons. The Bertz CT molecular complexity index is 419. The van der Waals surface area contributed by atoms with Crippen molar-refractivity contribution >= 4 is 27.7 Å². The van der Waals surface area contributed by atoms with E-state index in [0.717, 1.165) is 22.2 Å². The third-order valence-corrected chi connectivity index (χ3v) is 5.35. The largest absolute Gasteiger partial charge is 0.495 e. The van der Waals surface area contributed by atoms with E-state index in [1.807, 2.05) is 23.9 Å². The number of thioether (sulfide) groups is 1. The fraction of sp³-hybridized carbons (Fsp3) is 0.538. The Labute approximate surface area is 120 Å². The molecule has 0 aliphatic carbocycles. The predicted octanol–water partition coefficient (Wildman–Crippen LogP) is 3.40. The van der Waals surface area contributed by atoms with Crippen molar-refractivity contribution in [2.45, 2.75) is 24.2 Å². The first-order chi connectivity index (χ1) is 8.69. The van der Waals surface area contributed by atoms with Crippen LogP contribution in [0.3, 0.4) is 0 Å². The van der Waals surface area contributed by atoms with Gasteiger partial charge in [0.05, 0.1) is 20.3 Å². The molecule has 1 aliphatic rings. The van der Waals surface area contributed by atoms with Crippen LogP contribution in [0, 0.1) is 0 Å². The van der Waals surface area contributed by atoms with E-state index in [1.54, 1.807) is 14.2 Å². The SMILES string of the molecule is COc1ccc(C(O)C2CCCS2)c(OC)c1Br. The maximum Gasteiger partial charge on any atom is 0.142 e. The summed E-state index contributed by atoms with van der Waals surface area (Å²) in [4.78, 5) is 0. The zero-order chi connectivity index (χ0) is 13.1. The minimum atomic E-state index is -0.491. The highest BCUT2D eigenvalue weighted by atomic mass is 79.9. The molecule has 0 amide bonds. The van der Waals surface area contributed by atoms with E-state index in [9.17, 15) is 5.11 Å². The van der Waals surface area contributed by atoms with Gasteiger partial charge in [0, 0.05) is 10.8 Å². The summed E-state index contributed by atoms with van der Waals surface area (Å²) in [5.41, 5.74) is 0.824. The zero-order valence-corrected chi connectivity index (χ0v) is 12.9. The van der Waals surface area contributed by atoms with Crippen LogP contribution in [0.1, 0.15) is 24.5 Å². The first-order valence-electron chi connectivity index (χ1n) is 5.89. The van der Waals surface area contributed by atoms with Crippen molar-refractivity contribution in [1.82, 2.24) is 0 Å². The number of hydrogen-bond donors (Lipinski definition) is 1. The van der Waals surface area contributed by atoms with Crippen LogP contribution in [0.25, 0.3) is 0 Å². The minimum Gasteiger partial charge on any atom is -0.495 e. The predicted molar refractivity (Wildman–Crippen MR) is 77.7 cm³/mol. The van der Waals surface area contributed by atoms with Gasteiger partial charge in [-0.05, 0) is 46.7 Å². The Hall–Kier alpha value is -0.390. The lowest BCUT2D eigenvalue weighted by Gasteiger charge is -2.21. The van der Waals surface area contributed by atoms with Gasteiger partial charge < -0.3 is 14.6 Å². The second kappa shape index (κ2) is 6.17. The van der Waals surface area contributed by atoms with E-state index in [4.69, 9.17) is 9.47 Å². The second-order valence-corrected chi connectivity index (χ2v) is 6.34. The van der Waals surface area contributed by atoms with Gasteiger partial charge in [-0.25, -0.2) is 0 Å². The lowest BCUT2D eigenvalue weighted by Crippen LogP contribution is -2.13. The molecule has 1 aliphatic heterocycles. The quantitative estimate of drug-likeness (QED) is 0.917. The summed E-state index contributed by atoms with van der Waals surface area (Å²) < 4.78 is 11.4. The van der Waals surface area contributed by atoms with E-state index in [0.29, 0.717) is 11.5 Å². The number of benzene rings is 1. The van der Waals surface area contributed by atoms with Crippen LogP contribution in [0.15, 0.2) is 16.6 Å². The molecule has 0 aromatic heterocycles. The van der Waals surface area contributed by atoms with Crippen molar-refractivity contribution in [1.29, 1.82) is 0 Å². The van der Waals surface area contributed by atoms with E-state index >= 15 is 0 Å². The van der Waals surface area contributed by atoms with Gasteiger partial charge in [-0.1, -0.05) is 0 Å². The molecule has 1 saturated heterocycles. The maximum atomic E-state index is 10.5. The Morgan fingerprint density at radius 3 is 2.72 bits per heavy atom. The van der Waals surface area contributed by atoms with Gasteiger partial charge in [-0.15, -0.1) is 0 Å². The van der Waals surface area contributed by atoms with Crippen LogP contribution in [0.5, 0.6) is 11.5 Å². The van der Waals surface area contributed by atoms with Gasteiger partial charge in [-0.3, -0.25) is 0 Å². The van der Waals surface area contributed by atoms with Gasteiger partial charge >= 0.3 is 0 Å². The molecule has 3 nitrogen and oxygen atoms in total. The number of halogens is 1. The zero-order valence-electron chi connectivity index (χ0n) is 10.5. The first-order valence-corrected chi connectivity index (χ1v) is 7.73. The first kappa shape index (κ1) is 14.0. The molecule has 0 saturated carbocycles. The molecular weight excluding hydrogens is 316 g/mol. The van der Waals surface area contributed by atoms with Gasteiger partial charge in [-0.2, -0.15) is 11.8 Å². The van der Waals surface area contributed by atoms with Crippen molar-refractivity contribution in [3.05, 3.63) is 22.2 Å². The topological polar surface area (TPSA) is 38.7 Å². The third kappa shape index (κ3) is 2.63. The smallest absolute Gasteiger partial charge is 0.142 e. The molecular formula is C13H17BrO3S. The summed E-state index contributed by atoms with van der Waals surface area (Å²) in [6, 6.07) is 3.73. The molecule has 1 aromatic carbocycles. The molecule has 1 heterocycles. The van der Waals surface area contributed by atoms with Crippen LogP contribution in [0.2, 0.25) is 0 Å². The molecule has 2 atom stereocenters. The highest BCUT2D eigenvalue weighted by Gasteiger charge is 2.28. The van der Waals surface area contributed by atoms with Crippen LogP contribution in [0.4, 0.5) is 0 Å². The van der Waals surface area contributed by atoms with Crippen LogP contribution < -0.4 is 9.47 Å². The fourth-order valence-corrected chi connectivity index (χ4v) is 4.19. The standard InChI is InChI=1S/C13H17BrO3S/c1-16-9-6-5-8(13(17-2)11(9)14)12(15)10-4-3-7-18-10/h5-6,10,12,15H,3-4,7H2,1-2H3. The van der Waals surface area contributed by atoms with Crippen molar-refractivity contribution < 1.29 is 14.6 Å². The number of hydrogen-bond acceptors (Lipinski definition) is 4. The van der Waals surface area contributed by atoms with Gasteiger partial charge in [0.15, 0.2) is 0 Å². The summed E-state index contributed by atoms with van der Waals surface area (Å²) in [7, 11) is 3.22. The lowest BCUT2D eigenvalue weighted by atomic mass is 10.0. The maximum absolute atomic E-state index is 10.5. The number of aliphatic hydroxyl groups excluding tert-OH is 1. The molecule has 1 fully saturated rings. The molecule has 5 heteroatoms. The summed E-state index contributed by atoms with van der Waals surface area (Å²) in [5.74, 6) is 2.50. The Morgan fingerprint density at radius 1 is 1.39 bits per heavy atom. The summed E-state index contributed by atoms with van der Waals surface area (Å²) in [5, 5.41) is 10.7. The molecule has 0 spiro atoms. The van der Waals surface area contributed by atoms with E-state index in [-0.39, 0.29) is 5.25 Å². The average Bonchev–Trinajstić information content (AvgIpc) is 2.91. The van der Waals surface area contributed by atoms with E-state index in [2.05, 4.69) is 15.9 Å². The van der Waals surface area contributed by atoms with Gasteiger partial charge in [0.25, 0.3) is 0 Å². The highest BCUT2D eigenvalue weighted by molar-refractivity contribution is 9.10. The fourth-order valence-electron chi connectivity index (χ4n) is 2.20. The third-order valence-electron chi connectivity index (χ3n) is 3.15. The van der Waals surface area contributed by atoms with E-state index < -0.39 is 6.10 Å². The van der Waals surface area contributed by atoms with Gasteiger partial charge in [0.2, 0.25) is 0 Å². The number of methoxy groups -OCH3 is 2. The molecule has 0 bridgehead atoms. The second-order valence-electron chi connectivity index (χ2n) is 4.20. The number of aliphatic hydroxyl groups is 1. The Balaban J connectivity index is 2.34. The molecule has 2 unspecified atom stereocenters. The van der Waals surface area contributed by atoms with Crippen molar-refractivity contribution in [3.63, 3.8) is 0 Å². The normalized spacial score (nSPS) is 20.8. The van der Waals surface area contributed by atoms with Crippen LogP contribution >= 0.6 is 27.7 Å². The molecule has 1 N–H and O–H groups in total. The van der Waals surface area contributed by atoms with Crippen molar-refractivity contribution in [3.8, 4) is 11.5 Å². The summed E-state index contributed by atoms with van der Waals surface area (Å²) in [6.45, 7) is 0. The molecule has 100 valence electrons. The Kier molecular flexibility index (Phi) is 4.81. The molecule has 18 heavy (non-hydrogen) atoms. The van der Waals surface area contributed by atoms with E-state index in [1.165, 1.54) is 6.42 Å². The minimum absolute atomic E-state index is 0.263. The average molecular weight is 333 g/mol.